The van der Waals surface area contributed by atoms with Gasteiger partial charge in [-0.25, -0.2) is 8.42 Å². The molecule has 0 amide bonds. The maximum absolute atomic E-state index is 11.2. The number of halogens is 1. The van der Waals surface area contributed by atoms with Gasteiger partial charge in [-0.05, 0) is 42.8 Å². The lowest BCUT2D eigenvalue weighted by atomic mass is 10.2. The lowest BCUT2D eigenvalue weighted by molar-refractivity contribution is 0.481. The van der Waals surface area contributed by atoms with Gasteiger partial charge in [0.05, 0.1) is 4.90 Å². The summed E-state index contributed by atoms with van der Waals surface area (Å²) in [7, 11) is 1.60. The second kappa shape index (κ2) is 5.00. The van der Waals surface area contributed by atoms with Gasteiger partial charge in [0.2, 0.25) is 0 Å². The molecular weight excluding hydrogens is 272 g/mol. The first-order valence-corrected chi connectivity index (χ1v) is 7.56. The molecule has 0 atom stereocenters. The quantitative estimate of drug-likeness (QED) is 0.806. The van der Waals surface area contributed by atoms with E-state index in [1.165, 1.54) is 6.07 Å². The van der Waals surface area contributed by atoms with Gasteiger partial charge in [-0.15, -0.1) is 0 Å². The molecule has 94 valence electrons. The van der Waals surface area contributed by atoms with E-state index in [-0.39, 0.29) is 4.90 Å². The summed E-state index contributed by atoms with van der Waals surface area (Å²) < 4.78 is 28.1. The topological polar surface area (TPSA) is 43.4 Å². The SMILES string of the molecule is Cc1cc(Oc2ccccc2)ccc1S(=O)(=O)Cl. The highest BCUT2D eigenvalue weighted by Gasteiger charge is 2.13. The summed E-state index contributed by atoms with van der Waals surface area (Å²) in [5, 5.41) is 0. The summed E-state index contributed by atoms with van der Waals surface area (Å²) in [5.74, 6) is 1.26. The van der Waals surface area contributed by atoms with E-state index < -0.39 is 9.05 Å². The summed E-state index contributed by atoms with van der Waals surface area (Å²) in [4.78, 5) is 0.101. The average Bonchev–Trinajstić information content (AvgIpc) is 2.28. The van der Waals surface area contributed by atoms with Crippen LogP contribution in [-0.2, 0) is 9.05 Å². The smallest absolute Gasteiger partial charge is 0.261 e. The van der Waals surface area contributed by atoms with Gasteiger partial charge >= 0.3 is 0 Å². The van der Waals surface area contributed by atoms with Crippen molar-refractivity contribution in [2.45, 2.75) is 11.8 Å². The maximum Gasteiger partial charge on any atom is 0.261 e. The Labute approximate surface area is 110 Å². The minimum Gasteiger partial charge on any atom is -0.457 e. The minimum absolute atomic E-state index is 0.101. The van der Waals surface area contributed by atoms with Gasteiger partial charge in [0.25, 0.3) is 9.05 Å². The van der Waals surface area contributed by atoms with E-state index in [0.29, 0.717) is 17.1 Å². The zero-order valence-electron chi connectivity index (χ0n) is 9.63. The fourth-order valence-corrected chi connectivity index (χ4v) is 2.78. The molecule has 0 saturated carbocycles. The van der Waals surface area contributed by atoms with Crippen LogP contribution in [0.2, 0.25) is 0 Å². The van der Waals surface area contributed by atoms with Crippen LogP contribution in [0.15, 0.2) is 53.4 Å². The van der Waals surface area contributed by atoms with E-state index in [4.69, 9.17) is 15.4 Å². The van der Waals surface area contributed by atoms with Crippen LogP contribution in [0.1, 0.15) is 5.56 Å². The highest BCUT2D eigenvalue weighted by atomic mass is 35.7. The molecule has 0 bridgehead atoms. The molecule has 0 radical (unpaired) electrons. The van der Waals surface area contributed by atoms with Crippen LogP contribution in [0.3, 0.4) is 0 Å². The Morgan fingerprint density at radius 3 is 2.22 bits per heavy atom. The van der Waals surface area contributed by atoms with Crippen LogP contribution in [0, 0.1) is 6.92 Å². The molecular formula is C13H11ClO3S. The summed E-state index contributed by atoms with van der Waals surface area (Å²) >= 11 is 0. The molecule has 0 aromatic heterocycles. The third kappa shape index (κ3) is 3.03. The van der Waals surface area contributed by atoms with E-state index >= 15 is 0 Å². The zero-order valence-corrected chi connectivity index (χ0v) is 11.2. The van der Waals surface area contributed by atoms with Crippen LogP contribution in [0.4, 0.5) is 0 Å². The molecule has 0 spiro atoms. The summed E-state index contributed by atoms with van der Waals surface area (Å²) in [6, 6.07) is 13.9. The molecule has 0 heterocycles. The van der Waals surface area contributed by atoms with E-state index in [2.05, 4.69) is 0 Å². The monoisotopic (exact) mass is 282 g/mol. The number of aryl methyl sites for hydroxylation is 1. The maximum atomic E-state index is 11.2. The van der Waals surface area contributed by atoms with Crippen LogP contribution >= 0.6 is 10.7 Å². The number of benzene rings is 2. The summed E-state index contributed by atoms with van der Waals surface area (Å²) in [6.45, 7) is 1.67. The first kappa shape index (κ1) is 12.9. The first-order valence-electron chi connectivity index (χ1n) is 5.25. The number of hydrogen-bond acceptors (Lipinski definition) is 3. The summed E-state index contributed by atoms with van der Waals surface area (Å²) in [5.41, 5.74) is 0.554. The molecule has 0 aliphatic rings. The van der Waals surface area contributed by atoms with E-state index in [1.807, 2.05) is 30.3 Å². The molecule has 0 aliphatic carbocycles. The van der Waals surface area contributed by atoms with Crippen molar-refractivity contribution < 1.29 is 13.2 Å². The standard InChI is InChI=1S/C13H11ClO3S/c1-10-9-12(7-8-13(10)18(14,15)16)17-11-5-3-2-4-6-11/h2-9H,1H3. The fourth-order valence-electron chi connectivity index (χ4n) is 1.58. The van der Waals surface area contributed by atoms with Crippen molar-refractivity contribution in [3.63, 3.8) is 0 Å². The highest BCUT2D eigenvalue weighted by Crippen LogP contribution is 2.27. The molecule has 0 fully saturated rings. The minimum atomic E-state index is -3.71. The average molecular weight is 283 g/mol. The van der Waals surface area contributed by atoms with Crippen LogP contribution in [-0.4, -0.2) is 8.42 Å². The normalized spacial score (nSPS) is 11.2. The number of para-hydroxylation sites is 1. The van der Waals surface area contributed by atoms with Crippen LogP contribution < -0.4 is 4.74 Å². The van der Waals surface area contributed by atoms with Crippen molar-refractivity contribution in [3.05, 3.63) is 54.1 Å². The third-order valence-electron chi connectivity index (χ3n) is 2.39. The molecule has 18 heavy (non-hydrogen) atoms. The Morgan fingerprint density at radius 1 is 1.00 bits per heavy atom. The molecule has 0 aliphatic heterocycles. The molecule has 2 rings (SSSR count). The lowest BCUT2D eigenvalue weighted by Gasteiger charge is -2.08. The van der Waals surface area contributed by atoms with Gasteiger partial charge in [-0.2, -0.15) is 0 Å². The second-order valence-electron chi connectivity index (χ2n) is 3.78. The second-order valence-corrected chi connectivity index (χ2v) is 6.31. The van der Waals surface area contributed by atoms with E-state index in [1.54, 1.807) is 19.1 Å². The third-order valence-corrected chi connectivity index (χ3v) is 3.87. The number of ether oxygens (including phenoxy) is 1. The van der Waals surface area contributed by atoms with Crippen molar-refractivity contribution in [2.75, 3.05) is 0 Å². The Morgan fingerprint density at radius 2 is 1.67 bits per heavy atom. The molecule has 3 nitrogen and oxygen atoms in total. The molecule has 5 heteroatoms. The molecule has 2 aromatic carbocycles. The fraction of sp³-hybridized carbons (Fsp3) is 0.0769. The molecule has 0 N–H and O–H groups in total. The first-order chi connectivity index (χ1) is 8.47. The van der Waals surface area contributed by atoms with Crippen molar-refractivity contribution >= 4 is 19.7 Å². The van der Waals surface area contributed by atoms with E-state index in [0.717, 1.165) is 0 Å². The van der Waals surface area contributed by atoms with Crippen LogP contribution in [0.25, 0.3) is 0 Å². The van der Waals surface area contributed by atoms with Gasteiger partial charge in [0.15, 0.2) is 0 Å². The van der Waals surface area contributed by atoms with Crippen molar-refractivity contribution in [1.29, 1.82) is 0 Å². The molecule has 0 unspecified atom stereocenters. The molecule has 0 saturated heterocycles. The van der Waals surface area contributed by atoms with Gasteiger partial charge in [-0.1, -0.05) is 18.2 Å². The van der Waals surface area contributed by atoms with Gasteiger partial charge < -0.3 is 4.74 Å². The Balaban J connectivity index is 2.30. The van der Waals surface area contributed by atoms with Crippen molar-refractivity contribution in [1.82, 2.24) is 0 Å². The Bertz CT molecular complexity index is 651. The number of rotatable bonds is 3. The Kier molecular flexibility index (Phi) is 3.59. The lowest BCUT2D eigenvalue weighted by Crippen LogP contribution is -1.95. The number of hydrogen-bond donors (Lipinski definition) is 0. The predicted octanol–water partition coefficient (Wildman–Crippen LogP) is 3.71. The van der Waals surface area contributed by atoms with Crippen molar-refractivity contribution in [3.8, 4) is 11.5 Å². The zero-order chi connectivity index (χ0) is 13.2. The largest absolute Gasteiger partial charge is 0.457 e. The van der Waals surface area contributed by atoms with Gasteiger partial charge in [-0.3, -0.25) is 0 Å². The van der Waals surface area contributed by atoms with Gasteiger partial charge in [0, 0.05) is 10.7 Å². The summed E-state index contributed by atoms with van der Waals surface area (Å²) in [6.07, 6.45) is 0. The van der Waals surface area contributed by atoms with E-state index in [9.17, 15) is 8.42 Å². The molecule has 2 aromatic rings. The van der Waals surface area contributed by atoms with Gasteiger partial charge in [0.1, 0.15) is 11.5 Å². The highest BCUT2D eigenvalue weighted by molar-refractivity contribution is 8.13. The predicted molar refractivity (Wildman–Crippen MR) is 70.7 cm³/mol. The van der Waals surface area contributed by atoms with Crippen LogP contribution in [0.5, 0.6) is 11.5 Å². The Hall–Kier alpha value is -1.52. The van der Waals surface area contributed by atoms with Crippen molar-refractivity contribution in [2.24, 2.45) is 0 Å².